The lowest BCUT2D eigenvalue weighted by Gasteiger charge is -2.24. The number of nitrogens with one attached hydrogen (secondary N) is 1. The number of rotatable bonds is 9. The molecule has 0 radical (unpaired) electrons. The van der Waals surface area contributed by atoms with Crippen LogP contribution < -0.4 is 5.32 Å². The van der Waals surface area contributed by atoms with Crippen LogP contribution in [0.15, 0.2) is 12.7 Å². The van der Waals surface area contributed by atoms with E-state index in [0.29, 0.717) is 11.9 Å². The van der Waals surface area contributed by atoms with Gasteiger partial charge in [0.2, 0.25) is 5.91 Å². The highest BCUT2D eigenvalue weighted by atomic mass is 32.2. The monoisotopic (exact) mass is 256 g/mol. The summed E-state index contributed by atoms with van der Waals surface area (Å²) < 4.78 is 0. The van der Waals surface area contributed by atoms with Gasteiger partial charge in [-0.15, -0.1) is 6.58 Å². The first-order valence-electron chi connectivity index (χ1n) is 6.39. The summed E-state index contributed by atoms with van der Waals surface area (Å²) in [6, 6.07) is 0.460. The second-order valence-corrected chi connectivity index (χ2v) is 5.39. The van der Waals surface area contributed by atoms with E-state index in [2.05, 4.69) is 23.1 Å². The molecule has 0 spiro atoms. The van der Waals surface area contributed by atoms with E-state index < -0.39 is 0 Å². The molecule has 1 aliphatic heterocycles. The number of hydrogen-bond acceptors (Lipinski definition) is 3. The van der Waals surface area contributed by atoms with Crippen LogP contribution in [0.1, 0.15) is 25.7 Å². The Hall–Kier alpha value is -0.480. The highest BCUT2D eigenvalue weighted by molar-refractivity contribution is 7.98. The maximum absolute atomic E-state index is 11.8. The average Bonchev–Trinajstić information content (AvgIpc) is 2.67. The van der Waals surface area contributed by atoms with Crippen molar-refractivity contribution in [2.45, 2.75) is 31.7 Å². The van der Waals surface area contributed by atoms with Crippen LogP contribution in [0.25, 0.3) is 0 Å². The summed E-state index contributed by atoms with van der Waals surface area (Å²) >= 11 is 1.85. The molecule has 0 aliphatic carbocycles. The summed E-state index contributed by atoms with van der Waals surface area (Å²) in [6.45, 7) is 6.44. The second kappa shape index (κ2) is 8.59. The summed E-state index contributed by atoms with van der Waals surface area (Å²) in [5, 5.41) is 3.30. The fourth-order valence-corrected chi connectivity index (χ4v) is 2.67. The van der Waals surface area contributed by atoms with E-state index in [1.807, 2.05) is 17.8 Å². The molecule has 1 heterocycles. The minimum absolute atomic E-state index is 0.347. The van der Waals surface area contributed by atoms with Crippen molar-refractivity contribution < 1.29 is 4.79 Å². The lowest BCUT2D eigenvalue weighted by molar-refractivity contribution is -0.129. The molecule has 1 N–H and O–H groups in total. The van der Waals surface area contributed by atoms with Crippen molar-refractivity contribution >= 4 is 17.7 Å². The Balaban J connectivity index is 2.25. The molecule has 0 saturated carbocycles. The molecule has 0 aromatic carbocycles. The summed E-state index contributed by atoms with van der Waals surface area (Å²) in [7, 11) is 0. The number of nitrogens with zero attached hydrogens (tertiary/aromatic N) is 1. The minimum atomic E-state index is 0.347. The fourth-order valence-electron chi connectivity index (χ4n) is 2.25. The molecule has 1 atom stereocenters. The first kappa shape index (κ1) is 14.6. The van der Waals surface area contributed by atoms with Gasteiger partial charge in [-0.25, -0.2) is 0 Å². The maximum Gasteiger partial charge on any atom is 0.222 e. The molecule has 0 bridgehead atoms. The number of thioether (sulfide) groups is 1. The van der Waals surface area contributed by atoms with Crippen LogP contribution in [0.5, 0.6) is 0 Å². The Labute approximate surface area is 109 Å². The standard InChI is InChI=1S/C13H24N2OS/c1-3-8-14-9-7-12-5-6-13(16)15(12)10-4-11-17-2/h3,12,14H,1,4-11H2,2H3. The van der Waals surface area contributed by atoms with E-state index in [4.69, 9.17) is 0 Å². The summed E-state index contributed by atoms with van der Waals surface area (Å²) in [5.41, 5.74) is 0. The number of carbonyl (C=O) groups excluding carboxylic acids is 1. The molecule has 0 aromatic heterocycles. The van der Waals surface area contributed by atoms with Crippen LogP contribution >= 0.6 is 11.8 Å². The summed E-state index contributed by atoms with van der Waals surface area (Å²) in [4.78, 5) is 13.8. The molecular weight excluding hydrogens is 232 g/mol. The first-order chi connectivity index (χ1) is 8.29. The molecule has 1 aliphatic rings. The van der Waals surface area contributed by atoms with E-state index in [9.17, 15) is 4.79 Å². The minimum Gasteiger partial charge on any atom is -0.340 e. The van der Waals surface area contributed by atoms with Gasteiger partial charge >= 0.3 is 0 Å². The largest absolute Gasteiger partial charge is 0.340 e. The highest BCUT2D eigenvalue weighted by Gasteiger charge is 2.29. The van der Waals surface area contributed by atoms with Crippen LogP contribution in [0.4, 0.5) is 0 Å². The van der Waals surface area contributed by atoms with Gasteiger partial charge in [-0.05, 0) is 37.8 Å². The third-order valence-electron chi connectivity index (χ3n) is 3.14. The van der Waals surface area contributed by atoms with Gasteiger partial charge in [0, 0.05) is 25.6 Å². The topological polar surface area (TPSA) is 32.3 Å². The number of amides is 1. The van der Waals surface area contributed by atoms with Gasteiger partial charge < -0.3 is 10.2 Å². The Morgan fingerprint density at radius 2 is 2.47 bits per heavy atom. The smallest absolute Gasteiger partial charge is 0.222 e. The summed E-state index contributed by atoms with van der Waals surface area (Å²) in [6.07, 6.45) is 7.94. The molecule has 98 valence electrons. The molecule has 1 amide bonds. The van der Waals surface area contributed by atoms with E-state index in [1.165, 1.54) is 0 Å². The molecule has 1 saturated heterocycles. The number of carbonyl (C=O) groups is 1. The van der Waals surface area contributed by atoms with Gasteiger partial charge in [-0.2, -0.15) is 11.8 Å². The Kier molecular flexibility index (Phi) is 7.37. The van der Waals surface area contributed by atoms with E-state index in [1.54, 1.807) is 0 Å². The zero-order valence-electron chi connectivity index (χ0n) is 10.8. The zero-order chi connectivity index (χ0) is 12.5. The second-order valence-electron chi connectivity index (χ2n) is 4.41. The van der Waals surface area contributed by atoms with Crippen molar-refractivity contribution in [1.82, 2.24) is 10.2 Å². The van der Waals surface area contributed by atoms with Gasteiger partial charge in [0.1, 0.15) is 0 Å². The quantitative estimate of drug-likeness (QED) is 0.505. The predicted molar refractivity (Wildman–Crippen MR) is 75.4 cm³/mol. The third kappa shape index (κ3) is 5.13. The Morgan fingerprint density at radius 1 is 1.65 bits per heavy atom. The SMILES string of the molecule is C=CCNCCC1CCC(=O)N1CCCSC. The van der Waals surface area contributed by atoms with E-state index >= 15 is 0 Å². The van der Waals surface area contributed by atoms with E-state index in [-0.39, 0.29) is 0 Å². The van der Waals surface area contributed by atoms with Gasteiger partial charge in [0.05, 0.1) is 0 Å². The first-order valence-corrected chi connectivity index (χ1v) is 7.79. The molecule has 3 nitrogen and oxygen atoms in total. The third-order valence-corrected chi connectivity index (χ3v) is 3.84. The maximum atomic E-state index is 11.8. The lowest BCUT2D eigenvalue weighted by atomic mass is 10.1. The Morgan fingerprint density at radius 3 is 3.18 bits per heavy atom. The number of hydrogen-bond donors (Lipinski definition) is 1. The van der Waals surface area contributed by atoms with Gasteiger partial charge in [0.25, 0.3) is 0 Å². The van der Waals surface area contributed by atoms with Crippen LogP contribution in [-0.2, 0) is 4.79 Å². The van der Waals surface area contributed by atoms with Crippen LogP contribution in [-0.4, -0.2) is 48.5 Å². The fraction of sp³-hybridized carbons (Fsp3) is 0.769. The van der Waals surface area contributed by atoms with Gasteiger partial charge in [-0.3, -0.25) is 4.79 Å². The van der Waals surface area contributed by atoms with Crippen molar-refractivity contribution in [2.24, 2.45) is 0 Å². The number of likely N-dealkylation sites (tertiary alicyclic amines) is 1. The molecule has 0 aromatic rings. The van der Waals surface area contributed by atoms with E-state index in [0.717, 1.165) is 51.1 Å². The van der Waals surface area contributed by atoms with Crippen molar-refractivity contribution in [2.75, 3.05) is 31.6 Å². The lowest BCUT2D eigenvalue weighted by Crippen LogP contribution is -2.36. The van der Waals surface area contributed by atoms with Gasteiger partial charge in [-0.1, -0.05) is 6.08 Å². The molecule has 1 rings (SSSR count). The highest BCUT2D eigenvalue weighted by Crippen LogP contribution is 2.21. The molecular formula is C13H24N2OS. The predicted octanol–water partition coefficient (Wildman–Crippen LogP) is 1.90. The van der Waals surface area contributed by atoms with Crippen molar-refractivity contribution in [3.05, 3.63) is 12.7 Å². The average molecular weight is 256 g/mol. The summed E-state index contributed by atoms with van der Waals surface area (Å²) in [5.74, 6) is 1.49. The van der Waals surface area contributed by atoms with Crippen molar-refractivity contribution in [3.8, 4) is 0 Å². The van der Waals surface area contributed by atoms with Crippen LogP contribution in [0, 0.1) is 0 Å². The molecule has 4 heteroatoms. The molecule has 17 heavy (non-hydrogen) atoms. The van der Waals surface area contributed by atoms with Crippen molar-refractivity contribution in [3.63, 3.8) is 0 Å². The molecule has 1 fully saturated rings. The zero-order valence-corrected chi connectivity index (χ0v) is 11.6. The van der Waals surface area contributed by atoms with Crippen LogP contribution in [0.2, 0.25) is 0 Å². The van der Waals surface area contributed by atoms with Crippen LogP contribution in [0.3, 0.4) is 0 Å². The van der Waals surface area contributed by atoms with Gasteiger partial charge in [0.15, 0.2) is 0 Å². The van der Waals surface area contributed by atoms with Crippen molar-refractivity contribution in [1.29, 1.82) is 0 Å². The Bertz CT molecular complexity index is 246. The molecule has 1 unspecified atom stereocenters. The normalized spacial score (nSPS) is 19.9.